The number of nitrogens with two attached hydrogens (primary N) is 1. The van der Waals surface area contributed by atoms with Crippen LogP contribution in [0.1, 0.15) is 11.1 Å². The molecule has 0 unspecified atom stereocenters. The quantitative estimate of drug-likeness (QED) is 0.845. The van der Waals surface area contributed by atoms with E-state index in [1.54, 1.807) is 25.2 Å². The third kappa shape index (κ3) is 2.83. The molecule has 0 bridgehead atoms. The van der Waals surface area contributed by atoms with Crippen molar-refractivity contribution < 1.29 is 18.8 Å². The van der Waals surface area contributed by atoms with Gasteiger partial charge in [0.25, 0.3) is 5.91 Å². The van der Waals surface area contributed by atoms with Gasteiger partial charge in [-0.25, -0.2) is 8.78 Å². The number of hydrogen-bond acceptors (Lipinski definition) is 4. The molecule has 1 atom stereocenters. The fourth-order valence-electron chi connectivity index (χ4n) is 2.91. The number of carbonyl (C=O) groups excluding carboxylic acids is 1. The van der Waals surface area contributed by atoms with E-state index in [1.165, 1.54) is 23.1 Å². The summed E-state index contributed by atoms with van der Waals surface area (Å²) in [6.45, 7) is 0.264. The summed E-state index contributed by atoms with van der Waals surface area (Å²) in [6, 6.07) is 7.99. The van der Waals surface area contributed by atoms with Gasteiger partial charge in [-0.2, -0.15) is 5.06 Å². The van der Waals surface area contributed by atoms with Gasteiger partial charge in [0.2, 0.25) is 0 Å². The summed E-state index contributed by atoms with van der Waals surface area (Å²) >= 11 is 0. The van der Waals surface area contributed by atoms with Gasteiger partial charge >= 0.3 is 0 Å². The van der Waals surface area contributed by atoms with E-state index in [-0.39, 0.29) is 12.2 Å². The summed E-state index contributed by atoms with van der Waals surface area (Å²) in [7, 11) is 1.59. The number of amides is 1. The number of fused-ring (bicyclic) bond motifs is 1. The zero-order valence-electron chi connectivity index (χ0n) is 13.0. The van der Waals surface area contributed by atoms with Crippen molar-refractivity contribution in [3.8, 4) is 0 Å². The van der Waals surface area contributed by atoms with Gasteiger partial charge in [-0.3, -0.25) is 10.0 Å². The van der Waals surface area contributed by atoms with E-state index in [0.29, 0.717) is 22.7 Å². The van der Waals surface area contributed by atoms with Crippen LogP contribution < -0.4 is 15.7 Å². The van der Waals surface area contributed by atoms with E-state index in [0.717, 1.165) is 5.56 Å². The summed E-state index contributed by atoms with van der Waals surface area (Å²) in [5, 5.41) is 10.4. The lowest BCUT2D eigenvalue weighted by Crippen LogP contribution is -2.47. The maximum absolute atomic E-state index is 13.8. The molecule has 0 saturated heterocycles. The highest BCUT2D eigenvalue weighted by atomic mass is 19.1. The molecule has 0 fully saturated rings. The zero-order chi connectivity index (χ0) is 17.4. The number of benzene rings is 2. The molecule has 1 aliphatic rings. The average molecular weight is 333 g/mol. The van der Waals surface area contributed by atoms with Crippen LogP contribution in [0.2, 0.25) is 0 Å². The number of para-hydroxylation sites is 1. The SMILES string of the molecule is CN(Cc1ccc2c(c1)C[C@H](N)C(=O)N2O)c1c(F)cccc1F. The van der Waals surface area contributed by atoms with E-state index in [9.17, 15) is 18.8 Å². The molecule has 24 heavy (non-hydrogen) atoms. The van der Waals surface area contributed by atoms with E-state index >= 15 is 0 Å². The largest absolute Gasteiger partial charge is 0.366 e. The molecule has 3 rings (SSSR count). The normalized spacial score (nSPS) is 17.0. The molecule has 0 radical (unpaired) electrons. The van der Waals surface area contributed by atoms with Gasteiger partial charge in [0, 0.05) is 13.6 Å². The first-order valence-corrected chi connectivity index (χ1v) is 7.44. The van der Waals surface area contributed by atoms with E-state index in [2.05, 4.69) is 0 Å². The summed E-state index contributed by atoms with van der Waals surface area (Å²) in [5.74, 6) is -1.82. The Morgan fingerprint density at radius 3 is 2.62 bits per heavy atom. The molecule has 1 amide bonds. The number of halogens is 2. The third-order valence-electron chi connectivity index (χ3n) is 4.08. The van der Waals surface area contributed by atoms with Gasteiger partial charge in [0.05, 0.1) is 11.7 Å². The Balaban J connectivity index is 1.87. The second kappa shape index (κ2) is 6.18. The molecule has 1 aliphatic heterocycles. The Labute approximate surface area is 137 Å². The molecule has 3 N–H and O–H groups in total. The van der Waals surface area contributed by atoms with Crippen LogP contribution in [0, 0.1) is 11.6 Å². The number of anilines is 2. The van der Waals surface area contributed by atoms with Crippen LogP contribution in [-0.4, -0.2) is 24.2 Å². The second-order valence-electron chi connectivity index (χ2n) is 5.85. The minimum Gasteiger partial charge on any atom is -0.366 e. The molecule has 0 aliphatic carbocycles. The molecule has 0 spiro atoms. The van der Waals surface area contributed by atoms with Gasteiger partial charge in [-0.1, -0.05) is 18.2 Å². The predicted molar refractivity (Wildman–Crippen MR) is 85.9 cm³/mol. The van der Waals surface area contributed by atoms with Crippen molar-refractivity contribution in [3.63, 3.8) is 0 Å². The summed E-state index contributed by atoms with van der Waals surface area (Å²) in [5.41, 5.74) is 7.48. The minimum absolute atomic E-state index is 0.106. The van der Waals surface area contributed by atoms with E-state index in [1.807, 2.05) is 0 Å². The van der Waals surface area contributed by atoms with Crippen molar-refractivity contribution >= 4 is 17.3 Å². The summed E-state index contributed by atoms with van der Waals surface area (Å²) in [4.78, 5) is 13.1. The standard InChI is InChI=1S/C17H17F2N3O2/c1-21(16-12(18)3-2-4-13(16)19)9-10-5-6-15-11(7-10)8-14(20)17(23)22(15)24/h2-7,14,24H,8-9,20H2,1H3/t14-/m0/s1. The van der Waals surface area contributed by atoms with Crippen molar-refractivity contribution in [3.05, 3.63) is 59.2 Å². The van der Waals surface area contributed by atoms with Gasteiger partial charge in [-0.05, 0) is 35.7 Å². The number of rotatable bonds is 3. The van der Waals surface area contributed by atoms with Crippen LogP contribution >= 0.6 is 0 Å². The molecule has 2 aromatic rings. The maximum atomic E-state index is 13.8. The smallest absolute Gasteiger partial charge is 0.267 e. The van der Waals surface area contributed by atoms with Gasteiger partial charge in [0.15, 0.2) is 0 Å². The van der Waals surface area contributed by atoms with Crippen LogP contribution in [0.4, 0.5) is 20.2 Å². The van der Waals surface area contributed by atoms with Gasteiger partial charge in [0.1, 0.15) is 17.3 Å². The Hall–Kier alpha value is -2.51. The minimum atomic E-state index is -0.806. The fraction of sp³-hybridized carbons (Fsp3) is 0.235. The zero-order valence-corrected chi connectivity index (χ0v) is 13.0. The molecule has 0 aromatic heterocycles. The topological polar surface area (TPSA) is 69.8 Å². The first kappa shape index (κ1) is 16.4. The average Bonchev–Trinajstić information content (AvgIpc) is 2.52. The Morgan fingerprint density at radius 1 is 1.29 bits per heavy atom. The highest BCUT2D eigenvalue weighted by molar-refractivity contribution is 5.98. The van der Waals surface area contributed by atoms with Crippen molar-refractivity contribution in [2.24, 2.45) is 5.73 Å². The van der Waals surface area contributed by atoms with Crippen molar-refractivity contribution in [1.82, 2.24) is 0 Å². The fourth-order valence-corrected chi connectivity index (χ4v) is 2.91. The highest BCUT2D eigenvalue weighted by Crippen LogP contribution is 2.29. The first-order chi connectivity index (χ1) is 11.4. The van der Waals surface area contributed by atoms with Crippen LogP contribution in [0.15, 0.2) is 36.4 Å². The number of nitrogens with zero attached hydrogens (tertiary/aromatic N) is 2. The molecule has 126 valence electrons. The van der Waals surface area contributed by atoms with Crippen LogP contribution in [0.25, 0.3) is 0 Å². The van der Waals surface area contributed by atoms with Gasteiger partial charge in [-0.15, -0.1) is 0 Å². The predicted octanol–water partition coefficient (Wildman–Crippen LogP) is 2.21. The maximum Gasteiger partial charge on any atom is 0.267 e. The molecular weight excluding hydrogens is 316 g/mol. The van der Waals surface area contributed by atoms with Gasteiger partial charge < -0.3 is 10.6 Å². The third-order valence-corrected chi connectivity index (χ3v) is 4.08. The monoisotopic (exact) mass is 333 g/mol. The molecule has 7 heteroatoms. The van der Waals surface area contributed by atoms with E-state index < -0.39 is 23.6 Å². The molecule has 1 heterocycles. The van der Waals surface area contributed by atoms with E-state index in [4.69, 9.17) is 5.73 Å². The molecule has 5 nitrogen and oxygen atoms in total. The molecule has 0 saturated carbocycles. The Bertz CT molecular complexity index is 777. The number of hydrogen-bond donors (Lipinski definition) is 2. The summed E-state index contributed by atoms with van der Waals surface area (Å²) in [6.07, 6.45) is 0.302. The molecule has 2 aromatic carbocycles. The lowest BCUT2D eigenvalue weighted by atomic mass is 9.97. The Morgan fingerprint density at radius 2 is 1.96 bits per heavy atom. The highest BCUT2D eigenvalue weighted by Gasteiger charge is 2.29. The molecular formula is C17H17F2N3O2. The van der Waals surface area contributed by atoms with Crippen LogP contribution in [0.3, 0.4) is 0 Å². The van der Waals surface area contributed by atoms with Crippen LogP contribution in [0.5, 0.6) is 0 Å². The number of carbonyl (C=O) groups is 1. The summed E-state index contributed by atoms with van der Waals surface area (Å²) < 4.78 is 27.7. The van der Waals surface area contributed by atoms with Crippen molar-refractivity contribution in [1.29, 1.82) is 0 Å². The van der Waals surface area contributed by atoms with Crippen molar-refractivity contribution in [2.75, 3.05) is 17.0 Å². The first-order valence-electron chi connectivity index (χ1n) is 7.44. The van der Waals surface area contributed by atoms with Crippen LogP contribution in [-0.2, 0) is 17.8 Å². The lowest BCUT2D eigenvalue weighted by Gasteiger charge is -2.28. The van der Waals surface area contributed by atoms with Crippen molar-refractivity contribution in [2.45, 2.75) is 19.0 Å². The number of hydroxylamine groups is 1. The lowest BCUT2D eigenvalue weighted by molar-refractivity contribution is -0.125. The second-order valence-corrected chi connectivity index (χ2v) is 5.85. The Kier molecular flexibility index (Phi) is 4.21.